The van der Waals surface area contributed by atoms with Gasteiger partial charge in [-0.05, 0) is 12.0 Å². The van der Waals surface area contributed by atoms with Gasteiger partial charge in [-0.25, -0.2) is 0 Å². The van der Waals surface area contributed by atoms with Gasteiger partial charge in [0.15, 0.2) is 0 Å². The minimum atomic E-state index is -0.000767. The first-order valence-corrected chi connectivity index (χ1v) is 4.86. The first kappa shape index (κ1) is 10.9. The zero-order valence-corrected chi connectivity index (χ0v) is 8.73. The topological polar surface area (TPSA) is 60.9 Å². The van der Waals surface area contributed by atoms with Crippen LogP contribution in [-0.2, 0) is 18.3 Å². The van der Waals surface area contributed by atoms with Gasteiger partial charge < -0.3 is 5.73 Å². The first-order valence-electron chi connectivity index (χ1n) is 4.86. The van der Waals surface area contributed by atoms with Crippen LogP contribution in [-0.4, -0.2) is 21.6 Å². The lowest BCUT2D eigenvalue weighted by atomic mass is 10.0. The molecule has 78 valence electrons. The van der Waals surface area contributed by atoms with Crippen molar-refractivity contribution in [2.45, 2.75) is 32.2 Å². The van der Waals surface area contributed by atoms with Gasteiger partial charge in [0, 0.05) is 32.1 Å². The van der Waals surface area contributed by atoms with E-state index in [-0.39, 0.29) is 11.8 Å². The number of carbonyl (C=O) groups excluding carboxylic acids is 1. The van der Waals surface area contributed by atoms with Crippen LogP contribution in [0.3, 0.4) is 0 Å². The minimum Gasteiger partial charge on any atom is -0.327 e. The molecule has 4 nitrogen and oxygen atoms in total. The quantitative estimate of drug-likeness (QED) is 0.750. The molecule has 0 radical (unpaired) electrons. The third kappa shape index (κ3) is 3.30. The molecule has 0 aliphatic rings. The molecular formula is C10H17N3O. The van der Waals surface area contributed by atoms with Gasteiger partial charge in [-0.15, -0.1) is 0 Å². The summed E-state index contributed by atoms with van der Waals surface area (Å²) in [5, 5.41) is 4.00. The molecule has 0 saturated heterocycles. The first-order chi connectivity index (χ1) is 6.61. The van der Waals surface area contributed by atoms with E-state index < -0.39 is 0 Å². The fraction of sp³-hybridized carbons (Fsp3) is 0.600. The second-order valence-electron chi connectivity index (χ2n) is 3.61. The van der Waals surface area contributed by atoms with Crippen LogP contribution in [0.15, 0.2) is 12.4 Å². The van der Waals surface area contributed by atoms with E-state index in [0.29, 0.717) is 12.8 Å². The number of hydrogen-bond donors (Lipinski definition) is 1. The van der Waals surface area contributed by atoms with E-state index in [2.05, 4.69) is 5.10 Å². The summed E-state index contributed by atoms with van der Waals surface area (Å²) < 4.78 is 1.70. The molecule has 0 fully saturated rings. The Morgan fingerprint density at radius 2 is 2.43 bits per heavy atom. The molecule has 0 bridgehead atoms. The van der Waals surface area contributed by atoms with E-state index >= 15 is 0 Å². The van der Waals surface area contributed by atoms with Gasteiger partial charge in [0.05, 0.1) is 6.20 Å². The van der Waals surface area contributed by atoms with Gasteiger partial charge in [-0.2, -0.15) is 5.10 Å². The molecule has 14 heavy (non-hydrogen) atoms. The molecule has 2 N–H and O–H groups in total. The predicted octanol–water partition coefficient (Wildman–Crippen LogP) is 0.659. The van der Waals surface area contributed by atoms with E-state index in [1.807, 2.05) is 20.2 Å². The standard InChI is InChI=1S/C10H17N3O/c1-3-9(11)5-10(14)4-8-6-12-13(2)7-8/h6-7,9H,3-5,11H2,1-2H3. The van der Waals surface area contributed by atoms with Gasteiger partial charge >= 0.3 is 0 Å². The summed E-state index contributed by atoms with van der Waals surface area (Å²) in [5.41, 5.74) is 6.65. The SMILES string of the molecule is CCC(N)CC(=O)Cc1cnn(C)c1. The fourth-order valence-corrected chi connectivity index (χ4v) is 1.30. The van der Waals surface area contributed by atoms with E-state index in [4.69, 9.17) is 5.73 Å². The van der Waals surface area contributed by atoms with E-state index in [1.54, 1.807) is 10.9 Å². The second kappa shape index (κ2) is 4.91. The van der Waals surface area contributed by atoms with Gasteiger partial charge in [0.2, 0.25) is 0 Å². The lowest BCUT2D eigenvalue weighted by Gasteiger charge is -2.05. The number of nitrogens with two attached hydrogens (primary N) is 1. The maximum absolute atomic E-state index is 11.5. The summed E-state index contributed by atoms with van der Waals surface area (Å²) in [4.78, 5) is 11.5. The Morgan fingerprint density at radius 1 is 1.71 bits per heavy atom. The summed E-state index contributed by atoms with van der Waals surface area (Å²) in [6, 6.07) is -0.000767. The van der Waals surface area contributed by atoms with Crippen molar-refractivity contribution in [3.8, 4) is 0 Å². The van der Waals surface area contributed by atoms with Crippen molar-refractivity contribution in [3.05, 3.63) is 18.0 Å². The van der Waals surface area contributed by atoms with Gasteiger partial charge in [0.25, 0.3) is 0 Å². The predicted molar refractivity (Wildman–Crippen MR) is 54.8 cm³/mol. The van der Waals surface area contributed by atoms with Crippen LogP contribution < -0.4 is 5.73 Å². The molecule has 0 amide bonds. The molecule has 1 unspecified atom stereocenters. The molecule has 1 aromatic rings. The summed E-state index contributed by atoms with van der Waals surface area (Å²) in [7, 11) is 1.84. The lowest BCUT2D eigenvalue weighted by Crippen LogP contribution is -2.23. The van der Waals surface area contributed by atoms with Crippen LogP contribution in [0.1, 0.15) is 25.3 Å². The van der Waals surface area contributed by atoms with Crippen LogP contribution in [0.5, 0.6) is 0 Å². The van der Waals surface area contributed by atoms with Crippen molar-refractivity contribution in [3.63, 3.8) is 0 Å². The maximum Gasteiger partial charge on any atom is 0.138 e. The van der Waals surface area contributed by atoms with E-state index in [1.165, 1.54) is 0 Å². The summed E-state index contributed by atoms with van der Waals surface area (Å²) >= 11 is 0. The molecule has 4 heteroatoms. The Morgan fingerprint density at radius 3 is 2.93 bits per heavy atom. The zero-order valence-electron chi connectivity index (χ0n) is 8.73. The summed E-state index contributed by atoms with van der Waals surface area (Å²) in [5.74, 6) is 0.187. The smallest absolute Gasteiger partial charge is 0.138 e. The molecule has 0 spiro atoms. The van der Waals surface area contributed by atoms with Crippen LogP contribution in [0.25, 0.3) is 0 Å². The number of nitrogens with zero attached hydrogens (tertiary/aromatic N) is 2. The van der Waals surface area contributed by atoms with Crippen LogP contribution >= 0.6 is 0 Å². The molecule has 1 atom stereocenters. The molecule has 1 aromatic heterocycles. The minimum absolute atomic E-state index is 0.000767. The Hall–Kier alpha value is -1.16. The second-order valence-corrected chi connectivity index (χ2v) is 3.61. The number of carbonyl (C=O) groups is 1. The number of rotatable bonds is 5. The molecular weight excluding hydrogens is 178 g/mol. The number of aryl methyl sites for hydroxylation is 1. The highest BCUT2D eigenvalue weighted by Crippen LogP contribution is 2.03. The monoisotopic (exact) mass is 195 g/mol. The Kier molecular flexibility index (Phi) is 3.83. The van der Waals surface area contributed by atoms with Gasteiger partial charge in [-0.3, -0.25) is 9.48 Å². The average molecular weight is 195 g/mol. The fourth-order valence-electron chi connectivity index (χ4n) is 1.30. The third-order valence-corrected chi connectivity index (χ3v) is 2.17. The van der Waals surface area contributed by atoms with Crippen molar-refractivity contribution in [2.24, 2.45) is 12.8 Å². The van der Waals surface area contributed by atoms with Crippen molar-refractivity contribution < 1.29 is 4.79 Å². The largest absolute Gasteiger partial charge is 0.327 e. The summed E-state index contributed by atoms with van der Waals surface area (Å²) in [6.45, 7) is 1.99. The molecule has 0 aliphatic heterocycles. The molecule has 1 heterocycles. The highest BCUT2D eigenvalue weighted by Gasteiger charge is 2.09. The number of Topliss-reactive ketones (excluding diaryl/α,β-unsaturated/α-hetero) is 1. The number of aromatic nitrogens is 2. The van der Waals surface area contributed by atoms with E-state index in [0.717, 1.165) is 12.0 Å². The molecule has 1 rings (SSSR count). The number of hydrogen-bond acceptors (Lipinski definition) is 3. The van der Waals surface area contributed by atoms with Crippen molar-refractivity contribution >= 4 is 5.78 Å². The molecule has 0 aromatic carbocycles. The van der Waals surface area contributed by atoms with Crippen molar-refractivity contribution in [1.82, 2.24) is 9.78 Å². The van der Waals surface area contributed by atoms with Crippen molar-refractivity contribution in [1.29, 1.82) is 0 Å². The van der Waals surface area contributed by atoms with E-state index in [9.17, 15) is 4.79 Å². The average Bonchev–Trinajstić information content (AvgIpc) is 2.50. The maximum atomic E-state index is 11.5. The van der Waals surface area contributed by atoms with Crippen LogP contribution in [0.2, 0.25) is 0 Å². The van der Waals surface area contributed by atoms with Gasteiger partial charge in [0.1, 0.15) is 5.78 Å². The van der Waals surface area contributed by atoms with Crippen LogP contribution in [0.4, 0.5) is 0 Å². The lowest BCUT2D eigenvalue weighted by molar-refractivity contribution is -0.118. The Balaban J connectivity index is 2.41. The normalized spacial score (nSPS) is 12.8. The molecule has 0 aliphatic carbocycles. The van der Waals surface area contributed by atoms with Crippen molar-refractivity contribution in [2.75, 3.05) is 0 Å². The highest BCUT2D eigenvalue weighted by atomic mass is 16.1. The summed E-state index contributed by atoms with van der Waals surface area (Å²) in [6.07, 6.45) is 5.33. The zero-order chi connectivity index (χ0) is 10.6. The Bertz CT molecular complexity index is 306. The van der Waals surface area contributed by atoms with Gasteiger partial charge in [-0.1, -0.05) is 6.92 Å². The molecule has 0 saturated carbocycles. The highest BCUT2D eigenvalue weighted by molar-refractivity contribution is 5.81. The van der Waals surface area contributed by atoms with Crippen LogP contribution in [0, 0.1) is 0 Å². The number of ketones is 1. The third-order valence-electron chi connectivity index (χ3n) is 2.17. The Labute approximate surface area is 84.1 Å².